The maximum atomic E-state index is 12.0. The second-order valence-corrected chi connectivity index (χ2v) is 5.26. The van der Waals surface area contributed by atoms with Crippen LogP contribution in [-0.2, 0) is 4.79 Å². The van der Waals surface area contributed by atoms with Crippen molar-refractivity contribution in [2.75, 3.05) is 6.54 Å². The number of fused-ring (bicyclic) bond motifs is 1. The molecule has 0 radical (unpaired) electrons. The number of amides is 1. The number of aromatic nitrogens is 1. The van der Waals surface area contributed by atoms with Gasteiger partial charge in [0.15, 0.2) is 0 Å². The molecule has 2 atom stereocenters. The molecule has 1 aliphatic carbocycles. The Balaban J connectivity index is 1.53. The average molecular weight is 272 g/mol. The minimum Gasteiger partial charge on any atom is -0.481 e. The van der Waals surface area contributed by atoms with E-state index in [4.69, 9.17) is 5.11 Å². The Labute approximate surface area is 116 Å². The fraction of sp³-hybridized carbons (Fsp3) is 0.333. The normalized spacial score (nSPS) is 20.8. The molecule has 104 valence electrons. The van der Waals surface area contributed by atoms with Crippen LogP contribution < -0.4 is 5.32 Å². The van der Waals surface area contributed by atoms with E-state index in [2.05, 4.69) is 10.3 Å². The van der Waals surface area contributed by atoms with Crippen molar-refractivity contribution in [1.82, 2.24) is 10.3 Å². The van der Waals surface area contributed by atoms with E-state index in [-0.39, 0.29) is 17.7 Å². The Morgan fingerprint density at radius 1 is 1.35 bits per heavy atom. The van der Waals surface area contributed by atoms with Crippen LogP contribution in [0.5, 0.6) is 0 Å². The average Bonchev–Trinajstić information content (AvgIpc) is 3.08. The number of carboxylic acid groups (broad SMARTS) is 1. The van der Waals surface area contributed by atoms with E-state index >= 15 is 0 Å². The van der Waals surface area contributed by atoms with Crippen molar-refractivity contribution in [2.45, 2.75) is 12.8 Å². The number of carboxylic acids is 1. The van der Waals surface area contributed by atoms with Crippen LogP contribution in [0.2, 0.25) is 0 Å². The molecule has 1 aliphatic rings. The largest absolute Gasteiger partial charge is 0.481 e. The van der Waals surface area contributed by atoms with Gasteiger partial charge in [0, 0.05) is 17.4 Å². The molecular weight excluding hydrogens is 256 g/mol. The summed E-state index contributed by atoms with van der Waals surface area (Å²) < 4.78 is 0. The number of aliphatic carboxylic acids is 1. The number of carbonyl (C=O) groups excluding carboxylic acids is 1. The quantitative estimate of drug-likeness (QED) is 0.778. The van der Waals surface area contributed by atoms with E-state index in [0.717, 1.165) is 23.7 Å². The smallest absolute Gasteiger partial charge is 0.306 e. The zero-order chi connectivity index (χ0) is 14.1. The molecule has 0 bridgehead atoms. The summed E-state index contributed by atoms with van der Waals surface area (Å²) in [6, 6.07) is 9.54. The molecule has 0 aliphatic heterocycles. The maximum Gasteiger partial charge on any atom is 0.306 e. The van der Waals surface area contributed by atoms with Crippen molar-refractivity contribution in [3.63, 3.8) is 0 Å². The van der Waals surface area contributed by atoms with Crippen LogP contribution in [0.25, 0.3) is 10.9 Å². The van der Waals surface area contributed by atoms with Crippen LogP contribution in [0.1, 0.15) is 23.3 Å². The van der Waals surface area contributed by atoms with Gasteiger partial charge in [-0.1, -0.05) is 18.2 Å². The molecule has 3 N–H and O–H groups in total. The first-order valence-corrected chi connectivity index (χ1v) is 6.74. The lowest BCUT2D eigenvalue weighted by atomic mass is 10.2. The molecular formula is C15H16N2O3. The summed E-state index contributed by atoms with van der Waals surface area (Å²) >= 11 is 0. The Hall–Kier alpha value is -2.30. The number of hydrogen-bond donors (Lipinski definition) is 3. The van der Waals surface area contributed by atoms with Crippen LogP contribution in [0.4, 0.5) is 0 Å². The highest BCUT2D eigenvalue weighted by Crippen LogP contribution is 2.40. The summed E-state index contributed by atoms with van der Waals surface area (Å²) in [7, 11) is 0. The summed E-state index contributed by atoms with van der Waals surface area (Å²) in [6.07, 6.45) is 1.46. The predicted octanol–water partition coefficient (Wildman–Crippen LogP) is 2.01. The summed E-state index contributed by atoms with van der Waals surface area (Å²) in [5, 5.41) is 12.6. The molecule has 1 aromatic heterocycles. The second-order valence-electron chi connectivity index (χ2n) is 5.26. The van der Waals surface area contributed by atoms with Crippen molar-refractivity contribution < 1.29 is 14.7 Å². The third-order valence-corrected chi connectivity index (χ3v) is 3.82. The van der Waals surface area contributed by atoms with Gasteiger partial charge >= 0.3 is 5.97 Å². The summed E-state index contributed by atoms with van der Waals surface area (Å²) in [4.78, 5) is 25.7. The number of para-hydroxylation sites is 1. The van der Waals surface area contributed by atoms with Crippen molar-refractivity contribution in [3.8, 4) is 0 Å². The highest BCUT2D eigenvalue weighted by Gasteiger charge is 2.42. The van der Waals surface area contributed by atoms with Crippen LogP contribution in [0.3, 0.4) is 0 Å². The van der Waals surface area contributed by atoms with E-state index in [0.29, 0.717) is 12.2 Å². The van der Waals surface area contributed by atoms with Crippen LogP contribution in [0, 0.1) is 11.8 Å². The van der Waals surface area contributed by atoms with Gasteiger partial charge in [0.1, 0.15) is 5.69 Å². The number of carbonyl (C=O) groups is 2. The minimum atomic E-state index is -0.725. The van der Waals surface area contributed by atoms with E-state index in [1.807, 2.05) is 30.3 Å². The highest BCUT2D eigenvalue weighted by molar-refractivity contribution is 5.97. The lowest BCUT2D eigenvalue weighted by Crippen LogP contribution is -2.25. The molecule has 1 amide bonds. The molecule has 1 heterocycles. The predicted molar refractivity (Wildman–Crippen MR) is 74.5 cm³/mol. The van der Waals surface area contributed by atoms with Gasteiger partial charge < -0.3 is 15.4 Å². The van der Waals surface area contributed by atoms with Crippen molar-refractivity contribution in [1.29, 1.82) is 0 Å². The number of aromatic amines is 1. The molecule has 3 rings (SSSR count). The van der Waals surface area contributed by atoms with E-state index in [1.54, 1.807) is 0 Å². The first-order chi connectivity index (χ1) is 9.65. The Morgan fingerprint density at radius 2 is 2.15 bits per heavy atom. The fourth-order valence-electron chi connectivity index (χ4n) is 2.53. The Kier molecular flexibility index (Phi) is 3.18. The van der Waals surface area contributed by atoms with Crippen molar-refractivity contribution >= 4 is 22.8 Å². The Bertz CT molecular complexity index is 629. The van der Waals surface area contributed by atoms with Gasteiger partial charge in [-0.15, -0.1) is 0 Å². The highest BCUT2D eigenvalue weighted by atomic mass is 16.4. The number of rotatable bonds is 5. The van der Waals surface area contributed by atoms with Gasteiger partial charge in [-0.2, -0.15) is 0 Å². The molecule has 0 saturated heterocycles. The van der Waals surface area contributed by atoms with Gasteiger partial charge in [-0.05, 0) is 30.9 Å². The summed E-state index contributed by atoms with van der Waals surface area (Å²) in [5.41, 5.74) is 1.47. The lowest BCUT2D eigenvalue weighted by Gasteiger charge is -2.02. The van der Waals surface area contributed by atoms with Crippen LogP contribution >= 0.6 is 0 Å². The number of H-pyrrole nitrogens is 1. The SMILES string of the molecule is O=C(NCC[C@H]1C[C@@H]1C(=O)O)c1cc2ccccc2[nH]1. The fourth-order valence-corrected chi connectivity index (χ4v) is 2.53. The Morgan fingerprint density at radius 3 is 2.85 bits per heavy atom. The molecule has 0 unspecified atom stereocenters. The van der Waals surface area contributed by atoms with Crippen LogP contribution in [0.15, 0.2) is 30.3 Å². The monoisotopic (exact) mass is 272 g/mol. The third kappa shape index (κ3) is 2.52. The molecule has 20 heavy (non-hydrogen) atoms. The number of hydrogen-bond acceptors (Lipinski definition) is 2. The molecule has 1 aromatic carbocycles. The summed E-state index contributed by atoms with van der Waals surface area (Å²) in [5.74, 6) is -0.860. The topological polar surface area (TPSA) is 82.2 Å². The minimum absolute atomic E-state index is 0.145. The third-order valence-electron chi connectivity index (χ3n) is 3.82. The zero-order valence-corrected chi connectivity index (χ0v) is 10.9. The zero-order valence-electron chi connectivity index (χ0n) is 10.9. The van der Waals surface area contributed by atoms with E-state index in [1.165, 1.54) is 0 Å². The van der Waals surface area contributed by atoms with Gasteiger partial charge in [0.25, 0.3) is 5.91 Å². The second kappa shape index (κ2) is 5.00. The number of nitrogens with one attached hydrogen (secondary N) is 2. The molecule has 5 nitrogen and oxygen atoms in total. The first-order valence-electron chi connectivity index (χ1n) is 6.74. The summed E-state index contributed by atoms with van der Waals surface area (Å²) in [6.45, 7) is 0.517. The molecule has 5 heteroatoms. The van der Waals surface area contributed by atoms with Crippen molar-refractivity contribution in [2.24, 2.45) is 11.8 Å². The van der Waals surface area contributed by atoms with Crippen LogP contribution in [-0.4, -0.2) is 28.5 Å². The van der Waals surface area contributed by atoms with E-state index in [9.17, 15) is 9.59 Å². The van der Waals surface area contributed by atoms with E-state index < -0.39 is 5.97 Å². The number of benzene rings is 1. The maximum absolute atomic E-state index is 12.0. The standard InChI is InChI=1S/C15H16N2O3/c18-14(16-6-5-9-7-11(9)15(19)20)13-8-10-3-1-2-4-12(10)17-13/h1-4,8-9,11,17H,5-7H2,(H,16,18)(H,19,20)/t9-,11-/m0/s1. The van der Waals surface area contributed by atoms with Gasteiger partial charge in [-0.3, -0.25) is 9.59 Å². The van der Waals surface area contributed by atoms with Gasteiger partial charge in [-0.25, -0.2) is 0 Å². The first kappa shape index (κ1) is 12.7. The van der Waals surface area contributed by atoms with Crippen molar-refractivity contribution in [3.05, 3.63) is 36.0 Å². The van der Waals surface area contributed by atoms with Gasteiger partial charge in [0.05, 0.1) is 5.92 Å². The molecule has 1 fully saturated rings. The molecule has 2 aromatic rings. The van der Waals surface area contributed by atoms with Gasteiger partial charge in [0.2, 0.25) is 0 Å². The molecule has 0 spiro atoms. The lowest BCUT2D eigenvalue weighted by molar-refractivity contribution is -0.138. The molecule has 1 saturated carbocycles.